The van der Waals surface area contributed by atoms with Gasteiger partial charge in [0.1, 0.15) is 25.4 Å². The number of nitrogens with one attached hydrogen (secondary N) is 2. The lowest BCUT2D eigenvalue weighted by atomic mass is 9.86. The van der Waals surface area contributed by atoms with Crippen LogP contribution in [0.5, 0.6) is 0 Å². The van der Waals surface area contributed by atoms with E-state index in [0.29, 0.717) is 24.2 Å². The Hall–Kier alpha value is -3.08. The summed E-state index contributed by atoms with van der Waals surface area (Å²) < 4.78 is 26.1. The molecule has 2 aliphatic rings. The zero-order valence-corrected chi connectivity index (χ0v) is 19.5. The zero-order chi connectivity index (χ0) is 24.4. The maximum absolute atomic E-state index is 12.4. The standard InChI is InChI=1S/C22H32N2O9/c1-5-7-9-23-21(27)31-11-13-14(12-32-22(28)24-10-8-6-2)18-16(20(26)30-4)15(17(13)33-18)19(25)29-3/h17-18H,5-12H2,1-4H3,(H,23,27)(H,24,28). The quantitative estimate of drug-likeness (QED) is 0.190. The van der Waals surface area contributed by atoms with Crippen LogP contribution in [0.3, 0.4) is 0 Å². The van der Waals surface area contributed by atoms with Crippen LogP contribution in [0.2, 0.25) is 0 Å². The summed E-state index contributed by atoms with van der Waals surface area (Å²) in [6.07, 6.45) is 0.193. The van der Waals surface area contributed by atoms with Crippen molar-refractivity contribution in [3.8, 4) is 0 Å². The molecule has 0 radical (unpaired) electrons. The molecule has 2 bridgehead atoms. The van der Waals surface area contributed by atoms with E-state index in [1.165, 1.54) is 14.2 Å². The predicted molar refractivity (Wildman–Crippen MR) is 115 cm³/mol. The van der Waals surface area contributed by atoms with Gasteiger partial charge >= 0.3 is 24.1 Å². The van der Waals surface area contributed by atoms with Crippen LogP contribution in [0.25, 0.3) is 0 Å². The van der Waals surface area contributed by atoms with E-state index < -0.39 is 36.3 Å². The summed E-state index contributed by atoms with van der Waals surface area (Å²) in [5, 5.41) is 5.26. The Balaban J connectivity index is 2.22. The van der Waals surface area contributed by atoms with E-state index in [1.807, 2.05) is 13.8 Å². The Bertz CT molecular complexity index is 755. The van der Waals surface area contributed by atoms with Crippen molar-refractivity contribution in [3.05, 3.63) is 22.3 Å². The van der Waals surface area contributed by atoms with Crippen molar-refractivity contribution in [2.24, 2.45) is 0 Å². The van der Waals surface area contributed by atoms with Gasteiger partial charge in [0.2, 0.25) is 0 Å². The molecule has 0 aliphatic carbocycles. The number of esters is 2. The number of hydrogen-bond donors (Lipinski definition) is 2. The first-order valence-corrected chi connectivity index (χ1v) is 11.0. The number of ether oxygens (including phenoxy) is 5. The summed E-state index contributed by atoms with van der Waals surface area (Å²) in [6.45, 7) is 4.48. The molecule has 0 aromatic carbocycles. The van der Waals surface area contributed by atoms with Crippen molar-refractivity contribution in [1.29, 1.82) is 0 Å². The summed E-state index contributed by atoms with van der Waals surface area (Å²) in [7, 11) is 2.36. The SMILES string of the molecule is CCCCNC(=O)OCC1=C(COC(=O)NCCCC)C2OC1C(C(=O)OC)=C2C(=O)OC. The number of unbranched alkanes of at least 4 members (excludes halogenated alkanes) is 2. The van der Waals surface area contributed by atoms with E-state index in [4.69, 9.17) is 23.7 Å². The normalized spacial score (nSPS) is 18.8. The third-order valence-electron chi connectivity index (χ3n) is 5.26. The monoisotopic (exact) mass is 468 g/mol. The van der Waals surface area contributed by atoms with Gasteiger partial charge in [0.25, 0.3) is 0 Å². The molecule has 2 N–H and O–H groups in total. The van der Waals surface area contributed by atoms with Crippen LogP contribution in [-0.4, -0.2) is 76.9 Å². The van der Waals surface area contributed by atoms with E-state index in [2.05, 4.69) is 10.6 Å². The fraction of sp³-hybridized carbons (Fsp3) is 0.636. The second kappa shape index (κ2) is 12.8. The van der Waals surface area contributed by atoms with Crippen LogP contribution < -0.4 is 10.6 Å². The average molecular weight is 469 g/mol. The van der Waals surface area contributed by atoms with Gasteiger partial charge in [-0.25, -0.2) is 19.2 Å². The van der Waals surface area contributed by atoms with Gasteiger partial charge < -0.3 is 34.3 Å². The van der Waals surface area contributed by atoms with Crippen LogP contribution in [0, 0.1) is 0 Å². The molecular formula is C22H32N2O9. The van der Waals surface area contributed by atoms with Gasteiger partial charge in [-0.1, -0.05) is 26.7 Å². The van der Waals surface area contributed by atoms with Gasteiger partial charge in [0, 0.05) is 24.2 Å². The number of methoxy groups -OCH3 is 2. The number of rotatable bonds is 12. The highest BCUT2D eigenvalue weighted by atomic mass is 16.6. The minimum atomic E-state index is -0.984. The average Bonchev–Trinajstić information content (AvgIpc) is 3.36. The molecule has 0 aromatic rings. The predicted octanol–water partition coefficient (Wildman–Crippen LogP) is 1.76. The van der Waals surface area contributed by atoms with Crippen molar-refractivity contribution in [2.75, 3.05) is 40.5 Å². The maximum Gasteiger partial charge on any atom is 0.407 e. The summed E-state index contributed by atoms with van der Waals surface area (Å²) in [4.78, 5) is 48.9. The highest BCUT2D eigenvalue weighted by Crippen LogP contribution is 2.44. The van der Waals surface area contributed by atoms with Crippen LogP contribution in [-0.2, 0) is 33.3 Å². The first-order chi connectivity index (χ1) is 15.9. The Morgan fingerprint density at radius 3 is 1.48 bits per heavy atom. The molecule has 0 aromatic heterocycles. The first kappa shape index (κ1) is 26.2. The van der Waals surface area contributed by atoms with Crippen LogP contribution in [0.4, 0.5) is 9.59 Å². The summed E-state index contributed by atoms with van der Waals surface area (Å²) >= 11 is 0. The Morgan fingerprint density at radius 1 is 0.758 bits per heavy atom. The van der Waals surface area contributed by atoms with Crippen LogP contribution >= 0.6 is 0 Å². The molecule has 0 saturated heterocycles. The van der Waals surface area contributed by atoms with Gasteiger partial charge in [-0.05, 0) is 12.8 Å². The van der Waals surface area contributed by atoms with Crippen molar-refractivity contribution in [1.82, 2.24) is 10.6 Å². The fourth-order valence-corrected chi connectivity index (χ4v) is 3.52. The minimum Gasteiger partial charge on any atom is -0.466 e. The Kier molecular flexibility index (Phi) is 10.2. The minimum absolute atomic E-state index is 0.0181. The molecule has 2 unspecified atom stereocenters. The molecular weight excluding hydrogens is 436 g/mol. The number of fused-ring (bicyclic) bond motifs is 2. The summed E-state index contributed by atoms with van der Waals surface area (Å²) in [5.41, 5.74) is 0.797. The highest BCUT2D eigenvalue weighted by Gasteiger charge is 2.52. The van der Waals surface area contributed by atoms with Crippen molar-refractivity contribution in [3.63, 3.8) is 0 Å². The third-order valence-corrected chi connectivity index (χ3v) is 5.26. The van der Waals surface area contributed by atoms with E-state index >= 15 is 0 Å². The lowest BCUT2D eigenvalue weighted by Crippen LogP contribution is -2.32. The smallest absolute Gasteiger partial charge is 0.407 e. The number of alkyl carbamates (subject to hydrolysis) is 2. The lowest BCUT2D eigenvalue weighted by molar-refractivity contribution is -0.139. The first-order valence-electron chi connectivity index (χ1n) is 11.0. The van der Waals surface area contributed by atoms with Gasteiger partial charge in [-0.15, -0.1) is 0 Å². The molecule has 33 heavy (non-hydrogen) atoms. The molecule has 11 nitrogen and oxygen atoms in total. The number of amides is 2. The maximum atomic E-state index is 12.4. The molecule has 0 spiro atoms. The second-order valence-electron chi connectivity index (χ2n) is 7.47. The summed E-state index contributed by atoms with van der Waals surface area (Å²) in [6, 6.07) is 0. The van der Waals surface area contributed by atoms with E-state index in [1.54, 1.807) is 0 Å². The topological polar surface area (TPSA) is 138 Å². The van der Waals surface area contributed by atoms with Gasteiger partial charge in [-0.2, -0.15) is 0 Å². The molecule has 2 aliphatic heterocycles. The van der Waals surface area contributed by atoms with Crippen LogP contribution in [0.1, 0.15) is 39.5 Å². The van der Waals surface area contributed by atoms with Crippen LogP contribution in [0.15, 0.2) is 22.3 Å². The van der Waals surface area contributed by atoms with Gasteiger partial charge in [-0.3, -0.25) is 0 Å². The number of carbonyl (C=O) groups is 4. The molecule has 2 heterocycles. The number of carbonyl (C=O) groups excluding carboxylic acids is 4. The van der Waals surface area contributed by atoms with E-state index in [-0.39, 0.29) is 24.4 Å². The largest absolute Gasteiger partial charge is 0.466 e. The molecule has 184 valence electrons. The third kappa shape index (κ3) is 6.47. The molecule has 2 amide bonds. The molecule has 2 atom stereocenters. The second-order valence-corrected chi connectivity index (χ2v) is 7.47. The van der Waals surface area contributed by atoms with E-state index in [9.17, 15) is 19.2 Å². The summed E-state index contributed by atoms with van der Waals surface area (Å²) in [5.74, 6) is -1.52. The fourth-order valence-electron chi connectivity index (χ4n) is 3.52. The Labute approximate surface area is 192 Å². The molecule has 2 rings (SSSR count). The molecule has 0 fully saturated rings. The molecule has 11 heteroatoms. The van der Waals surface area contributed by atoms with Gasteiger partial charge in [0.15, 0.2) is 0 Å². The van der Waals surface area contributed by atoms with Crippen molar-refractivity contribution >= 4 is 24.1 Å². The highest BCUT2D eigenvalue weighted by molar-refractivity contribution is 6.04. The van der Waals surface area contributed by atoms with Crippen molar-refractivity contribution < 1.29 is 42.9 Å². The van der Waals surface area contributed by atoms with Gasteiger partial charge in [0.05, 0.1) is 25.4 Å². The Morgan fingerprint density at radius 2 is 1.15 bits per heavy atom. The zero-order valence-electron chi connectivity index (χ0n) is 19.5. The van der Waals surface area contributed by atoms with Crippen molar-refractivity contribution in [2.45, 2.75) is 51.7 Å². The van der Waals surface area contributed by atoms with E-state index in [0.717, 1.165) is 25.7 Å². The number of hydrogen-bond acceptors (Lipinski definition) is 9. The lowest BCUT2D eigenvalue weighted by Gasteiger charge is -2.20. The molecule has 0 saturated carbocycles.